The fourth-order valence-corrected chi connectivity index (χ4v) is 2.20. The topological polar surface area (TPSA) is 46.0 Å². The fourth-order valence-electron chi connectivity index (χ4n) is 2.20. The van der Waals surface area contributed by atoms with Gasteiger partial charge >= 0.3 is 0 Å². The smallest absolute Gasteiger partial charge is 0.141 e. The first-order chi connectivity index (χ1) is 8.35. The van der Waals surface area contributed by atoms with Crippen LogP contribution in [-0.4, -0.2) is 45.3 Å². The van der Waals surface area contributed by atoms with Crippen LogP contribution in [0.25, 0.3) is 0 Å². The van der Waals surface area contributed by atoms with E-state index in [1.165, 1.54) is 6.42 Å². The van der Waals surface area contributed by atoms with Gasteiger partial charge in [-0.3, -0.25) is 4.90 Å². The molecule has 1 fully saturated rings. The van der Waals surface area contributed by atoms with E-state index < -0.39 is 0 Å². The highest BCUT2D eigenvalue weighted by Crippen LogP contribution is 2.10. The summed E-state index contributed by atoms with van der Waals surface area (Å²) in [6.45, 7) is 9.68. The Morgan fingerprint density at radius 3 is 2.82 bits per heavy atom. The lowest BCUT2D eigenvalue weighted by molar-refractivity contribution is 0.132. The summed E-state index contributed by atoms with van der Waals surface area (Å²) in [7, 11) is 0. The molecule has 0 bridgehead atoms. The van der Waals surface area contributed by atoms with Gasteiger partial charge in [-0.05, 0) is 19.4 Å². The van der Waals surface area contributed by atoms with Crippen LogP contribution in [0.4, 0.5) is 0 Å². The number of rotatable bonds is 7. The van der Waals surface area contributed by atoms with Crippen molar-refractivity contribution in [3.63, 3.8) is 0 Å². The standard InChI is InChI=1S/C12H23N5/c1-3-5-16(11-7-13-8-11)9-12-14-10-15-17(12)6-4-2/h10-11,13H,3-9H2,1-2H3. The maximum absolute atomic E-state index is 4.39. The van der Waals surface area contributed by atoms with Crippen molar-refractivity contribution in [3.8, 4) is 0 Å². The Hall–Kier alpha value is -0.940. The van der Waals surface area contributed by atoms with Gasteiger partial charge in [0.1, 0.15) is 12.2 Å². The van der Waals surface area contributed by atoms with Gasteiger partial charge in [0.15, 0.2) is 0 Å². The number of nitrogens with one attached hydrogen (secondary N) is 1. The SMILES string of the molecule is CCCN(Cc1ncnn1CCC)C1CNC1. The third-order valence-corrected chi connectivity index (χ3v) is 3.26. The molecule has 0 aliphatic carbocycles. The van der Waals surface area contributed by atoms with Crippen LogP contribution in [-0.2, 0) is 13.1 Å². The molecule has 0 atom stereocenters. The molecule has 2 rings (SSSR count). The third kappa shape index (κ3) is 3.04. The van der Waals surface area contributed by atoms with Gasteiger partial charge < -0.3 is 5.32 Å². The summed E-state index contributed by atoms with van der Waals surface area (Å²) in [5.74, 6) is 1.10. The number of aryl methyl sites for hydroxylation is 1. The summed E-state index contributed by atoms with van der Waals surface area (Å²) in [6, 6.07) is 0.682. The normalized spacial score (nSPS) is 16.4. The van der Waals surface area contributed by atoms with Crippen molar-refractivity contribution in [2.24, 2.45) is 0 Å². The molecule has 0 unspecified atom stereocenters. The van der Waals surface area contributed by atoms with Gasteiger partial charge in [0.2, 0.25) is 0 Å². The first kappa shape index (κ1) is 12.5. The Morgan fingerprint density at radius 1 is 1.41 bits per heavy atom. The summed E-state index contributed by atoms with van der Waals surface area (Å²) < 4.78 is 2.04. The van der Waals surface area contributed by atoms with E-state index in [0.717, 1.165) is 45.0 Å². The van der Waals surface area contributed by atoms with Crippen LogP contribution in [0.2, 0.25) is 0 Å². The Labute approximate surface area is 103 Å². The molecular weight excluding hydrogens is 214 g/mol. The first-order valence-corrected chi connectivity index (χ1v) is 6.66. The molecule has 0 spiro atoms. The zero-order valence-corrected chi connectivity index (χ0v) is 10.9. The van der Waals surface area contributed by atoms with Crippen molar-refractivity contribution >= 4 is 0 Å². The van der Waals surface area contributed by atoms with Crippen molar-refractivity contribution < 1.29 is 0 Å². The lowest BCUT2D eigenvalue weighted by Gasteiger charge is -2.37. The number of nitrogens with zero attached hydrogens (tertiary/aromatic N) is 4. The van der Waals surface area contributed by atoms with Gasteiger partial charge in [0.05, 0.1) is 6.54 Å². The number of hydrogen-bond acceptors (Lipinski definition) is 4. The van der Waals surface area contributed by atoms with Crippen molar-refractivity contribution in [1.82, 2.24) is 25.0 Å². The van der Waals surface area contributed by atoms with Crippen LogP contribution in [0.5, 0.6) is 0 Å². The lowest BCUT2D eigenvalue weighted by atomic mass is 10.1. The molecule has 96 valence electrons. The molecular formula is C12H23N5. The molecule has 0 amide bonds. The average Bonchev–Trinajstić information content (AvgIpc) is 2.64. The van der Waals surface area contributed by atoms with E-state index in [1.807, 2.05) is 4.68 Å². The van der Waals surface area contributed by atoms with Gasteiger partial charge in [-0.2, -0.15) is 5.10 Å². The Balaban J connectivity index is 1.97. The maximum atomic E-state index is 4.39. The van der Waals surface area contributed by atoms with Crippen LogP contribution < -0.4 is 5.32 Å². The van der Waals surface area contributed by atoms with E-state index in [9.17, 15) is 0 Å². The first-order valence-electron chi connectivity index (χ1n) is 6.66. The van der Waals surface area contributed by atoms with E-state index in [0.29, 0.717) is 6.04 Å². The maximum Gasteiger partial charge on any atom is 0.141 e. The van der Waals surface area contributed by atoms with Crippen LogP contribution in [0.15, 0.2) is 6.33 Å². The van der Waals surface area contributed by atoms with E-state index in [4.69, 9.17) is 0 Å². The van der Waals surface area contributed by atoms with Crippen molar-refractivity contribution in [1.29, 1.82) is 0 Å². The van der Waals surface area contributed by atoms with Gasteiger partial charge in [-0.25, -0.2) is 9.67 Å². The monoisotopic (exact) mass is 237 g/mol. The zero-order valence-electron chi connectivity index (χ0n) is 10.9. The minimum atomic E-state index is 0.682. The van der Waals surface area contributed by atoms with E-state index in [2.05, 4.69) is 34.1 Å². The van der Waals surface area contributed by atoms with Crippen molar-refractivity contribution in [2.45, 2.75) is 45.8 Å². The second-order valence-corrected chi connectivity index (χ2v) is 4.68. The van der Waals surface area contributed by atoms with Gasteiger partial charge in [-0.15, -0.1) is 0 Å². The van der Waals surface area contributed by atoms with Crippen molar-refractivity contribution in [2.75, 3.05) is 19.6 Å². The summed E-state index contributed by atoms with van der Waals surface area (Å²) in [4.78, 5) is 6.91. The summed E-state index contributed by atoms with van der Waals surface area (Å²) in [5.41, 5.74) is 0. The molecule has 1 N–H and O–H groups in total. The minimum absolute atomic E-state index is 0.682. The average molecular weight is 237 g/mol. The minimum Gasteiger partial charge on any atom is -0.314 e. The van der Waals surface area contributed by atoms with E-state index in [-0.39, 0.29) is 0 Å². The van der Waals surface area contributed by atoms with Crippen LogP contribution >= 0.6 is 0 Å². The molecule has 1 saturated heterocycles. The van der Waals surface area contributed by atoms with E-state index >= 15 is 0 Å². The summed E-state index contributed by atoms with van der Waals surface area (Å²) >= 11 is 0. The molecule has 0 aromatic carbocycles. The highest BCUT2D eigenvalue weighted by Gasteiger charge is 2.25. The second kappa shape index (κ2) is 6.12. The fraction of sp³-hybridized carbons (Fsp3) is 0.833. The van der Waals surface area contributed by atoms with Crippen LogP contribution in [0, 0.1) is 0 Å². The molecule has 1 aliphatic rings. The Bertz CT molecular complexity index is 331. The molecule has 0 radical (unpaired) electrons. The molecule has 5 heteroatoms. The van der Waals surface area contributed by atoms with Crippen LogP contribution in [0.1, 0.15) is 32.5 Å². The summed E-state index contributed by atoms with van der Waals surface area (Å²) in [5, 5.41) is 7.62. The van der Waals surface area contributed by atoms with E-state index in [1.54, 1.807) is 6.33 Å². The predicted octanol–water partition coefficient (Wildman–Crippen LogP) is 0.872. The third-order valence-electron chi connectivity index (χ3n) is 3.26. The molecule has 2 heterocycles. The van der Waals surface area contributed by atoms with Gasteiger partial charge in [0, 0.05) is 25.7 Å². The Morgan fingerprint density at radius 2 is 2.24 bits per heavy atom. The molecule has 1 aromatic heterocycles. The van der Waals surface area contributed by atoms with Gasteiger partial charge in [0.25, 0.3) is 0 Å². The lowest BCUT2D eigenvalue weighted by Crippen LogP contribution is -2.57. The van der Waals surface area contributed by atoms with Crippen molar-refractivity contribution in [3.05, 3.63) is 12.2 Å². The molecule has 5 nitrogen and oxygen atoms in total. The molecule has 1 aliphatic heterocycles. The largest absolute Gasteiger partial charge is 0.314 e. The number of hydrogen-bond donors (Lipinski definition) is 1. The second-order valence-electron chi connectivity index (χ2n) is 4.68. The quantitative estimate of drug-likeness (QED) is 0.764. The number of aromatic nitrogens is 3. The molecule has 0 saturated carbocycles. The van der Waals surface area contributed by atoms with Gasteiger partial charge in [-0.1, -0.05) is 13.8 Å². The predicted molar refractivity (Wildman–Crippen MR) is 67.7 cm³/mol. The molecule has 17 heavy (non-hydrogen) atoms. The molecule has 1 aromatic rings. The highest BCUT2D eigenvalue weighted by atomic mass is 15.4. The zero-order chi connectivity index (χ0) is 12.1. The summed E-state index contributed by atoms with van der Waals surface area (Å²) in [6.07, 6.45) is 3.97. The van der Waals surface area contributed by atoms with Crippen LogP contribution in [0.3, 0.4) is 0 Å². The Kier molecular flexibility index (Phi) is 4.50. The highest BCUT2D eigenvalue weighted by molar-refractivity contribution is 4.90.